The molecule has 116 valence electrons. The molecular formula is C16H23FN2O2. The van der Waals surface area contributed by atoms with E-state index in [2.05, 4.69) is 10.2 Å². The van der Waals surface area contributed by atoms with Crippen molar-refractivity contribution in [3.05, 3.63) is 35.6 Å². The molecular weight excluding hydrogens is 271 g/mol. The van der Waals surface area contributed by atoms with Gasteiger partial charge in [0.1, 0.15) is 5.82 Å². The molecule has 21 heavy (non-hydrogen) atoms. The van der Waals surface area contributed by atoms with Gasteiger partial charge in [-0.1, -0.05) is 12.1 Å². The molecule has 0 spiro atoms. The van der Waals surface area contributed by atoms with Crippen molar-refractivity contribution >= 4 is 5.91 Å². The van der Waals surface area contributed by atoms with Crippen molar-refractivity contribution in [1.29, 1.82) is 0 Å². The maximum atomic E-state index is 12.8. The van der Waals surface area contributed by atoms with Crippen LogP contribution in [0.15, 0.2) is 24.3 Å². The lowest BCUT2D eigenvalue weighted by atomic mass is 10.1. The fourth-order valence-corrected chi connectivity index (χ4v) is 2.58. The van der Waals surface area contributed by atoms with Gasteiger partial charge in [-0.25, -0.2) is 4.39 Å². The summed E-state index contributed by atoms with van der Waals surface area (Å²) in [6, 6.07) is 6.55. The van der Waals surface area contributed by atoms with Gasteiger partial charge in [-0.15, -0.1) is 0 Å². The van der Waals surface area contributed by atoms with Crippen molar-refractivity contribution in [3.63, 3.8) is 0 Å². The average molecular weight is 294 g/mol. The number of rotatable bonds is 7. The molecule has 5 heteroatoms. The van der Waals surface area contributed by atoms with E-state index >= 15 is 0 Å². The predicted molar refractivity (Wildman–Crippen MR) is 79.6 cm³/mol. The first-order chi connectivity index (χ1) is 10.2. The molecule has 0 unspecified atom stereocenters. The van der Waals surface area contributed by atoms with Gasteiger partial charge in [0.05, 0.1) is 6.61 Å². The molecule has 1 amide bonds. The van der Waals surface area contributed by atoms with Crippen LogP contribution in [0.25, 0.3) is 0 Å². The fourth-order valence-electron chi connectivity index (χ4n) is 2.58. The Bertz CT molecular complexity index is 450. The smallest absolute Gasteiger partial charge is 0.220 e. The Morgan fingerprint density at radius 3 is 2.90 bits per heavy atom. The van der Waals surface area contributed by atoms with Crippen LogP contribution in [0.2, 0.25) is 0 Å². The van der Waals surface area contributed by atoms with Crippen LogP contribution in [0, 0.1) is 5.82 Å². The number of ether oxygens (including phenoxy) is 1. The Morgan fingerprint density at radius 1 is 1.43 bits per heavy atom. The summed E-state index contributed by atoms with van der Waals surface area (Å²) in [6.45, 7) is 3.54. The third-order valence-electron chi connectivity index (χ3n) is 3.80. The molecule has 1 fully saturated rings. The molecule has 1 heterocycles. The minimum absolute atomic E-state index is 0.0675. The lowest BCUT2D eigenvalue weighted by molar-refractivity contribution is -0.121. The van der Waals surface area contributed by atoms with E-state index in [-0.39, 0.29) is 17.8 Å². The number of aryl methyl sites for hydroxylation is 1. The third kappa shape index (κ3) is 5.44. The van der Waals surface area contributed by atoms with E-state index in [4.69, 9.17) is 4.74 Å². The van der Waals surface area contributed by atoms with Gasteiger partial charge in [-0.2, -0.15) is 0 Å². The number of hydrogen-bond donors (Lipinski definition) is 1. The lowest BCUT2D eigenvalue weighted by Crippen LogP contribution is -2.37. The molecule has 1 aliphatic heterocycles. The van der Waals surface area contributed by atoms with Crippen molar-refractivity contribution in [2.24, 2.45) is 0 Å². The van der Waals surface area contributed by atoms with E-state index in [1.165, 1.54) is 12.1 Å². The highest BCUT2D eigenvalue weighted by atomic mass is 19.1. The second-order valence-corrected chi connectivity index (χ2v) is 5.47. The van der Waals surface area contributed by atoms with Crippen LogP contribution in [0.5, 0.6) is 0 Å². The Kier molecular flexibility index (Phi) is 6.14. The van der Waals surface area contributed by atoms with Gasteiger partial charge in [0.25, 0.3) is 0 Å². The Hall–Kier alpha value is -1.46. The number of halogens is 1. The van der Waals surface area contributed by atoms with Crippen LogP contribution in [0.3, 0.4) is 0 Å². The van der Waals surface area contributed by atoms with Crippen LogP contribution in [0.4, 0.5) is 4.39 Å². The molecule has 4 nitrogen and oxygen atoms in total. The van der Waals surface area contributed by atoms with Gasteiger partial charge in [0.15, 0.2) is 0 Å². The first kappa shape index (κ1) is 15.9. The molecule has 1 aliphatic rings. The van der Waals surface area contributed by atoms with Gasteiger partial charge in [0.2, 0.25) is 5.91 Å². The minimum Gasteiger partial charge on any atom is -0.383 e. The number of nitrogens with zero attached hydrogens (tertiary/aromatic N) is 1. The van der Waals surface area contributed by atoms with Crippen LogP contribution in [-0.2, 0) is 16.0 Å². The molecule has 2 rings (SSSR count). The molecule has 1 aromatic rings. The summed E-state index contributed by atoms with van der Waals surface area (Å²) in [4.78, 5) is 14.2. The summed E-state index contributed by atoms with van der Waals surface area (Å²) in [5, 5.41) is 3.07. The maximum Gasteiger partial charge on any atom is 0.220 e. The standard InChI is InChI=1S/C16H23FN2O2/c1-21-11-10-19-9-8-15(12-19)18-16(20)7-4-13-2-5-14(17)6-3-13/h2-3,5-6,15H,4,7-12H2,1H3,(H,18,20)/t15-/m0/s1. The van der Waals surface area contributed by atoms with Crippen molar-refractivity contribution in [2.45, 2.75) is 25.3 Å². The molecule has 0 saturated carbocycles. The van der Waals surface area contributed by atoms with E-state index in [0.29, 0.717) is 12.8 Å². The largest absolute Gasteiger partial charge is 0.383 e. The first-order valence-electron chi connectivity index (χ1n) is 7.42. The fraction of sp³-hybridized carbons (Fsp3) is 0.562. The van der Waals surface area contributed by atoms with Gasteiger partial charge < -0.3 is 10.1 Å². The third-order valence-corrected chi connectivity index (χ3v) is 3.80. The summed E-state index contributed by atoms with van der Waals surface area (Å²) in [5.41, 5.74) is 0.986. The SMILES string of the molecule is COCCN1CC[C@H](NC(=O)CCc2ccc(F)cc2)C1. The number of benzene rings is 1. The summed E-state index contributed by atoms with van der Waals surface area (Å²) in [7, 11) is 1.70. The lowest BCUT2D eigenvalue weighted by Gasteiger charge is -2.16. The zero-order chi connectivity index (χ0) is 15.1. The normalized spacial score (nSPS) is 18.9. The molecule has 1 atom stereocenters. The van der Waals surface area contributed by atoms with Crippen LogP contribution < -0.4 is 5.32 Å². The maximum absolute atomic E-state index is 12.8. The zero-order valence-corrected chi connectivity index (χ0v) is 12.5. The van der Waals surface area contributed by atoms with Crippen LogP contribution in [0.1, 0.15) is 18.4 Å². The second kappa shape index (κ2) is 8.10. The van der Waals surface area contributed by atoms with Crippen molar-refractivity contribution in [3.8, 4) is 0 Å². The number of nitrogens with one attached hydrogen (secondary N) is 1. The first-order valence-corrected chi connectivity index (χ1v) is 7.42. The van der Waals surface area contributed by atoms with Crippen molar-refractivity contribution < 1.29 is 13.9 Å². The molecule has 0 aliphatic carbocycles. The van der Waals surface area contributed by atoms with Gasteiger partial charge in [0, 0.05) is 39.2 Å². The Balaban J connectivity index is 1.67. The number of amides is 1. The van der Waals surface area contributed by atoms with Crippen LogP contribution >= 0.6 is 0 Å². The van der Waals surface area contributed by atoms with E-state index in [0.717, 1.165) is 38.2 Å². The summed E-state index contributed by atoms with van der Waals surface area (Å²) < 4.78 is 17.8. The average Bonchev–Trinajstić information content (AvgIpc) is 2.92. The van der Waals surface area contributed by atoms with Crippen molar-refractivity contribution in [2.75, 3.05) is 33.4 Å². The van der Waals surface area contributed by atoms with E-state index in [1.807, 2.05) is 0 Å². The monoisotopic (exact) mass is 294 g/mol. The number of methoxy groups -OCH3 is 1. The predicted octanol–water partition coefficient (Wildman–Crippen LogP) is 1.60. The van der Waals surface area contributed by atoms with Crippen molar-refractivity contribution in [1.82, 2.24) is 10.2 Å². The van der Waals surface area contributed by atoms with E-state index < -0.39 is 0 Å². The highest BCUT2D eigenvalue weighted by molar-refractivity contribution is 5.76. The molecule has 1 aromatic carbocycles. The molecule has 0 radical (unpaired) electrons. The Labute approximate surface area is 125 Å². The van der Waals surface area contributed by atoms with Gasteiger partial charge in [-0.3, -0.25) is 9.69 Å². The minimum atomic E-state index is -0.245. The number of hydrogen-bond acceptors (Lipinski definition) is 3. The van der Waals surface area contributed by atoms with Gasteiger partial charge >= 0.3 is 0 Å². The number of carbonyl (C=O) groups is 1. The van der Waals surface area contributed by atoms with Crippen LogP contribution in [-0.4, -0.2) is 50.2 Å². The van der Waals surface area contributed by atoms with E-state index in [1.54, 1.807) is 19.2 Å². The molecule has 0 bridgehead atoms. The van der Waals surface area contributed by atoms with Gasteiger partial charge in [-0.05, 0) is 30.5 Å². The summed E-state index contributed by atoms with van der Waals surface area (Å²) in [6.07, 6.45) is 2.08. The molecule has 1 saturated heterocycles. The summed E-state index contributed by atoms with van der Waals surface area (Å²) >= 11 is 0. The molecule has 1 N–H and O–H groups in total. The summed E-state index contributed by atoms with van der Waals surface area (Å²) in [5.74, 6) is -0.178. The number of carbonyl (C=O) groups excluding carboxylic acids is 1. The van der Waals surface area contributed by atoms with E-state index in [9.17, 15) is 9.18 Å². The highest BCUT2D eigenvalue weighted by Crippen LogP contribution is 2.10. The molecule has 0 aromatic heterocycles. The Morgan fingerprint density at radius 2 is 2.19 bits per heavy atom. The zero-order valence-electron chi connectivity index (χ0n) is 12.5. The topological polar surface area (TPSA) is 41.6 Å². The highest BCUT2D eigenvalue weighted by Gasteiger charge is 2.23. The number of likely N-dealkylation sites (tertiary alicyclic amines) is 1. The quantitative estimate of drug-likeness (QED) is 0.830. The second-order valence-electron chi connectivity index (χ2n) is 5.47.